The molecular weight excluding hydrogens is 236 g/mol. The van der Waals surface area contributed by atoms with Gasteiger partial charge in [-0.25, -0.2) is 4.98 Å². The summed E-state index contributed by atoms with van der Waals surface area (Å²) in [6.45, 7) is 8.99. The molecule has 0 bridgehead atoms. The number of hydrogen-bond acceptors (Lipinski definition) is 3. The van der Waals surface area contributed by atoms with Crippen LogP contribution < -0.4 is 5.32 Å². The third-order valence-corrected chi connectivity index (χ3v) is 5.01. The molecule has 4 nitrogen and oxygen atoms in total. The van der Waals surface area contributed by atoms with Crippen molar-refractivity contribution in [3.8, 4) is 0 Å². The molecule has 1 atom stereocenters. The van der Waals surface area contributed by atoms with Crippen LogP contribution in [0.2, 0.25) is 0 Å². The van der Waals surface area contributed by atoms with Gasteiger partial charge in [0.1, 0.15) is 5.82 Å². The van der Waals surface area contributed by atoms with Crippen molar-refractivity contribution in [1.82, 2.24) is 19.8 Å². The predicted molar refractivity (Wildman–Crippen MR) is 77.2 cm³/mol. The highest BCUT2D eigenvalue weighted by molar-refractivity contribution is 5.00. The second kappa shape index (κ2) is 5.25. The first kappa shape index (κ1) is 13.1. The molecule has 0 radical (unpaired) electrons. The number of nitrogens with one attached hydrogen (secondary N) is 1. The van der Waals surface area contributed by atoms with Gasteiger partial charge in [-0.3, -0.25) is 4.90 Å². The van der Waals surface area contributed by atoms with E-state index >= 15 is 0 Å². The molecule has 106 valence electrons. The molecule has 2 aliphatic rings. The van der Waals surface area contributed by atoms with Gasteiger partial charge in [-0.15, -0.1) is 0 Å². The summed E-state index contributed by atoms with van der Waals surface area (Å²) in [7, 11) is 0. The summed E-state index contributed by atoms with van der Waals surface area (Å²) in [5.41, 5.74) is 0.427. The van der Waals surface area contributed by atoms with Crippen LogP contribution in [0.3, 0.4) is 0 Å². The minimum atomic E-state index is 0.427. The van der Waals surface area contributed by atoms with E-state index in [9.17, 15) is 0 Å². The van der Waals surface area contributed by atoms with E-state index in [-0.39, 0.29) is 0 Å². The van der Waals surface area contributed by atoms with Crippen LogP contribution in [0, 0.1) is 6.92 Å². The van der Waals surface area contributed by atoms with Gasteiger partial charge in [0.25, 0.3) is 0 Å². The number of piperazine rings is 1. The maximum Gasteiger partial charge on any atom is 0.105 e. The van der Waals surface area contributed by atoms with Gasteiger partial charge in [0, 0.05) is 50.2 Å². The van der Waals surface area contributed by atoms with Crippen molar-refractivity contribution < 1.29 is 0 Å². The molecule has 1 spiro atoms. The molecule has 3 rings (SSSR count). The van der Waals surface area contributed by atoms with Crippen LogP contribution in [-0.4, -0.2) is 45.7 Å². The quantitative estimate of drug-likeness (QED) is 0.901. The first-order valence-electron chi connectivity index (χ1n) is 7.65. The fourth-order valence-corrected chi connectivity index (χ4v) is 3.66. The van der Waals surface area contributed by atoms with Gasteiger partial charge in [-0.2, -0.15) is 0 Å². The van der Waals surface area contributed by atoms with E-state index in [0.717, 1.165) is 25.5 Å². The Morgan fingerprint density at radius 1 is 1.37 bits per heavy atom. The predicted octanol–water partition coefficient (Wildman–Crippen LogP) is 1.80. The Balaban J connectivity index is 1.61. The second-order valence-corrected chi connectivity index (χ2v) is 6.36. The molecule has 0 aromatic carbocycles. The Morgan fingerprint density at radius 2 is 2.16 bits per heavy atom. The molecule has 1 aromatic heterocycles. The van der Waals surface area contributed by atoms with Crippen molar-refractivity contribution in [2.75, 3.05) is 19.6 Å². The third kappa shape index (κ3) is 2.70. The smallest absolute Gasteiger partial charge is 0.105 e. The van der Waals surface area contributed by atoms with E-state index in [0.29, 0.717) is 11.6 Å². The van der Waals surface area contributed by atoms with Gasteiger partial charge >= 0.3 is 0 Å². The van der Waals surface area contributed by atoms with Gasteiger partial charge in [0.05, 0.1) is 0 Å². The lowest BCUT2D eigenvalue weighted by Gasteiger charge is -2.45. The largest absolute Gasteiger partial charge is 0.334 e. The van der Waals surface area contributed by atoms with Crippen LogP contribution in [0.4, 0.5) is 0 Å². The van der Waals surface area contributed by atoms with Crippen molar-refractivity contribution in [3.05, 3.63) is 18.2 Å². The fourth-order valence-electron chi connectivity index (χ4n) is 3.66. The summed E-state index contributed by atoms with van der Waals surface area (Å²) in [6.07, 6.45) is 9.51. The van der Waals surface area contributed by atoms with Crippen molar-refractivity contribution in [3.63, 3.8) is 0 Å². The number of aromatic nitrogens is 2. The summed E-state index contributed by atoms with van der Waals surface area (Å²) < 4.78 is 2.26. The van der Waals surface area contributed by atoms with Crippen LogP contribution in [0.1, 0.15) is 38.4 Å². The number of imidazole rings is 1. The highest BCUT2D eigenvalue weighted by atomic mass is 15.3. The molecule has 1 aromatic rings. The summed E-state index contributed by atoms with van der Waals surface area (Å²) in [5, 5.41) is 3.82. The zero-order valence-corrected chi connectivity index (χ0v) is 12.2. The summed E-state index contributed by atoms with van der Waals surface area (Å²) in [5.74, 6) is 1.12. The van der Waals surface area contributed by atoms with Crippen LogP contribution in [0.25, 0.3) is 0 Å². The Bertz CT molecular complexity index is 420. The van der Waals surface area contributed by atoms with E-state index in [2.05, 4.69) is 39.8 Å². The number of aryl methyl sites for hydroxylation is 1. The van der Waals surface area contributed by atoms with Gasteiger partial charge in [-0.1, -0.05) is 12.8 Å². The highest BCUT2D eigenvalue weighted by Crippen LogP contribution is 2.33. The Kier molecular flexibility index (Phi) is 3.63. The summed E-state index contributed by atoms with van der Waals surface area (Å²) in [4.78, 5) is 6.97. The zero-order chi connectivity index (χ0) is 13.3. The van der Waals surface area contributed by atoms with Crippen LogP contribution >= 0.6 is 0 Å². The second-order valence-electron chi connectivity index (χ2n) is 6.36. The zero-order valence-electron chi connectivity index (χ0n) is 12.2. The minimum Gasteiger partial charge on any atom is -0.334 e. The number of hydrogen-bond donors (Lipinski definition) is 1. The van der Waals surface area contributed by atoms with Crippen LogP contribution in [0.15, 0.2) is 12.4 Å². The fraction of sp³-hybridized carbons (Fsp3) is 0.800. The maximum absolute atomic E-state index is 4.30. The van der Waals surface area contributed by atoms with Gasteiger partial charge in [0.15, 0.2) is 0 Å². The van der Waals surface area contributed by atoms with Gasteiger partial charge in [-0.05, 0) is 26.7 Å². The van der Waals surface area contributed by atoms with E-state index in [4.69, 9.17) is 0 Å². The lowest BCUT2D eigenvalue weighted by atomic mass is 9.92. The first-order valence-corrected chi connectivity index (χ1v) is 7.65. The Labute approximate surface area is 116 Å². The molecule has 1 aliphatic heterocycles. The molecule has 1 saturated heterocycles. The van der Waals surface area contributed by atoms with E-state index in [1.807, 2.05) is 6.20 Å². The average molecular weight is 262 g/mol. The SMILES string of the molecule is Cc1nccn1CCN1CC2(CCCC2)NCC1C. The monoisotopic (exact) mass is 262 g/mol. The molecule has 2 heterocycles. The lowest BCUT2D eigenvalue weighted by Crippen LogP contribution is -2.62. The number of nitrogens with zero attached hydrogens (tertiary/aromatic N) is 3. The van der Waals surface area contributed by atoms with Crippen molar-refractivity contribution in [2.24, 2.45) is 0 Å². The average Bonchev–Trinajstić information content (AvgIpc) is 3.01. The Hall–Kier alpha value is -0.870. The molecule has 19 heavy (non-hydrogen) atoms. The summed E-state index contributed by atoms with van der Waals surface area (Å²) in [6, 6.07) is 0.648. The topological polar surface area (TPSA) is 33.1 Å². The third-order valence-electron chi connectivity index (χ3n) is 5.01. The van der Waals surface area contributed by atoms with E-state index < -0.39 is 0 Å². The Morgan fingerprint density at radius 3 is 2.84 bits per heavy atom. The molecular formula is C15H26N4. The molecule has 2 fully saturated rings. The minimum absolute atomic E-state index is 0.427. The van der Waals surface area contributed by atoms with Gasteiger partial charge in [0.2, 0.25) is 0 Å². The molecule has 1 aliphatic carbocycles. The van der Waals surface area contributed by atoms with Crippen molar-refractivity contribution in [1.29, 1.82) is 0 Å². The van der Waals surface area contributed by atoms with Crippen molar-refractivity contribution >= 4 is 0 Å². The first-order chi connectivity index (χ1) is 9.19. The van der Waals surface area contributed by atoms with Crippen molar-refractivity contribution in [2.45, 2.75) is 57.7 Å². The van der Waals surface area contributed by atoms with Gasteiger partial charge < -0.3 is 9.88 Å². The summed E-state index contributed by atoms with van der Waals surface area (Å²) >= 11 is 0. The van der Waals surface area contributed by atoms with Crippen LogP contribution in [-0.2, 0) is 6.54 Å². The molecule has 0 amide bonds. The molecule has 1 unspecified atom stereocenters. The number of rotatable bonds is 3. The molecule has 4 heteroatoms. The van der Waals surface area contributed by atoms with Crippen LogP contribution in [0.5, 0.6) is 0 Å². The standard InChI is InChI=1S/C15H26N4/c1-13-11-17-15(5-3-4-6-15)12-19(13)10-9-18-8-7-16-14(18)2/h7-8,13,17H,3-6,9-12H2,1-2H3. The lowest BCUT2D eigenvalue weighted by molar-refractivity contribution is 0.0857. The maximum atomic E-state index is 4.30. The normalized spacial score (nSPS) is 27.2. The molecule has 1 N–H and O–H groups in total. The highest BCUT2D eigenvalue weighted by Gasteiger charge is 2.39. The van der Waals surface area contributed by atoms with E-state index in [1.54, 1.807) is 0 Å². The van der Waals surface area contributed by atoms with E-state index in [1.165, 1.54) is 32.2 Å². The molecule has 1 saturated carbocycles.